The van der Waals surface area contributed by atoms with Gasteiger partial charge < -0.3 is 24.8 Å². The van der Waals surface area contributed by atoms with E-state index in [2.05, 4.69) is 0 Å². The van der Waals surface area contributed by atoms with E-state index >= 15 is 0 Å². The summed E-state index contributed by atoms with van der Waals surface area (Å²) in [6, 6.07) is -1.02. The van der Waals surface area contributed by atoms with Crippen molar-refractivity contribution in [3.63, 3.8) is 0 Å². The van der Waals surface area contributed by atoms with E-state index in [1.54, 1.807) is 20.8 Å². The van der Waals surface area contributed by atoms with Crippen LogP contribution in [0.25, 0.3) is 0 Å². The highest BCUT2D eigenvalue weighted by Gasteiger charge is 2.43. The lowest BCUT2D eigenvalue weighted by Crippen LogP contribution is -2.45. The van der Waals surface area contributed by atoms with Gasteiger partial charge in [-0.1, -0.05) is 0 Å². The SMILES string of the molecule is CCOC(=O)C(NC(N)=O)P(=O)(OCC)OCC. The van der Waals surface area contributed by atoms with Crippen LogP contribution in [0.1, 0.15) is 20.8 Å². The summed E-state index contributed by atoms with van der Waals surface area (Å²) in [6.07, 6.45) is 0. The highest BCUT2D eigenvalue weighted by Crippen LogP contribution is 2.52. The van der Waals surface area contributed by atoms with E-state index in [0.29, 0.717) is 0 Å². The van der Waals surface area contributed by atoms with Crippen molar-refractivity contribution in [2.45, 2.75) is 26.6 Å². The van der Waals surface area contributed by atoms with Crippen molar-refractivity contribution in [3.8, 4) is 0 Å². The predicted molar refractivity (Wildman–Crippen MR) is 64.0 cm³/mol. The predicted octanol–water partition coefficient (Wildman–Crippen LogP) is 0.810. The summed E-state index contributed by atoms with van der Waals surface area (Å²) >= 11 is 0. The summed E-state index contributed by atoms with van der Waals surface area (Å²) in [5, 5.41) is 2.03. The molecule has 0 saturated heterocycles. The van der Waals surface area contributed by atoms with Crippen LogP contribution in [-0.4, -0.2) is 37.6 Å². The summed E-state index contributed by atoms with van der Waals surface area (Å²) < 4.78 is 27.0. The van der Waals surface area contributed by atoms with E-state index in [0.717, 1.165) is 0 Å². The Hall–Kier alpha value is -1.11. The van der Waals surface area contributed by atoms with Gasteiger partial charge >= 0.3 is 19.6 Å². The van der Waals surface area contributed by atoms with E-state index in [1.165, 1.54) is 0 Å². The molecule has 1 unspecified atom stereocenters. The van der Waals surface area contributed by atoms with E-state index in [9.17, 15) is 14.2 Å². The maximum absolute atomic E-state index is 12.3. The smallest absolute Gasteiger partial charge is 0.364 e. The molecule has 0 aliphatic rings. The van der Waals surface area contributed by atoms with Gasteiger partial charge in [0.25, 0.3) is 0 Å². The summed E-state index contributed by atoms with van der Waals surface area (Å²) in [5.41, 5.74) is 4.93. The minimum Gasteiger partial charge on any atom is -0.464 e. The van der Waals surface area contributed by atoms with Crippen molar-refractivity contribution in [1.82, 2.24) is 5.32 Å². The molecule has 8 nitrogen and oxygen atoms in total. The number of carbonyl (C=O) groups is 2. The van der Waals surface area contributed by atoms with Gasteiger partial charge in [0.1, 0.15) is 0 Å². The van der Waals surface area contributed by atoms with Crippen molar-refractivity contribution < 1.29 is 27.9 Å². The highest BCUT2D eigenvalue weighted by molar-refractivity contribution is 7.55. The topological polar surface area (TPSA) is 117 Å². The molecular weight excluding hydrogens is 263 g/mol. The number of rotatable bonds is 8. The fourth-order valence-corrected chi connectivity index (χ4v) is 2.88. The van der Waals surface area contributed by atoms with Crippen LogP contribution in [0.2, 0.25) is 0 Å². The molecule has 9 heteroatoms. The number of urea groups is 1. The van der Waals surface area contributed by atoms with Gasteiger partial charge in [-0.2, -0.15) is 0 Å². The molecule has 0 aromatic heterocycles. The van der Waals surface area contributed by atoms with Crippen LogP contribution in [0.3, 0.4) is 0 Å². The summed E-state index contributed by atoms with van der Waals surface area (Å²) in [4.78, 5) is 22.5. The normalized spacial score (nSPS) is 12.8. The van der Waals surface area contributed by atoms with Crippen molar-refractivity contribution >= 4 is 19.6 Å². The lowest BCUT2D eigenvalue weighted by Gasteiger charge is -2.24. The number of hydrogen-bond donors (Lipinski definition) is 2. The number of carbonyl (C=O) groups excluding carboxylic acids is 2. The molecule has 2 amide bonds. The molecule has 18 heavy (non-hydrogen) atoms. The van der Waals surface area contributed by atoms with Crippen molar-refractivity contribution in [1.29, 1.82) is 0 Å². The van der Waals surface area contributed by atoms with Crippen LogP contribution >= 0.6 is 7.60 Å². The number of primary amides is 1. The molecule has 0 fully saturated rings. The van der Waals surface area contributed by atoms with Gasteiger partial charge in [0.15, 0.2) is 0 Å². The molecule has 0 radical (unpaired) electrons. The van der Waals surface area contributed by atoms with E-state index < -0.39 is 25.4 Å². The lowest BCUT2D eigenvalue weighted by molar-refractivity contribution is -0.143. The first kappa shape index (κ1) is 16.9. The fraction of sp³-hybridized carbons (Fsp3) is 0.778. The number of nitrogens with two attached hydrogens (primary N) is 1. The summed E-state index contributed by atoms with van der Waals surface area (Å²) in [5.74, 6) is -2.48. The van der Waals surface area contributed by atoms with Gasteiger partial charge in [0.2, 0.25) is 5.78 Å². The van der Waals surface area contributed by atoms with E-state index in [1.807, 2.05) is 5.32 Å². The average molecular weight is 282 g/mol. The monoisotopic (exact) mass is 282 g/mol. The van der Waals surface area contributed by atoms with Crippen molar-refractivity contribution in [3.05, 3.63) is 0 Å². The molecule has 0 aliphatic heterocycles. The molecule has 0 spiro atoms. The van der Waals surface area contributed by atoms with Crippen molar-refractivity contribution in [2.24, 2.45) is 5.73 Å². The minimum atomic E-state index is -3.86. The van der Waals surface area contributed by atoms with Crippen LogP contribution in [0.4, 0.5) is 4.79 Å². The summed E-state index contributed by atoms with van der Waals surface area (Å²) in [7, 11) is -3.86. The quantitative estimate of drug-likeness (QED) is 0.502. The number of esters is 1. The molecular formula is C9H19N2O6P. The molecule has 0 rings (SSSR count). The van der Waals surface area contributed by atoms with Crippen LogP contribution in [0.5, 0.6) is 0 Å². The zero-order valence-electron chi connectivity index (χ0n) is 10.7. The molecule has 0 aliphatic carbocycles. The second-order valence-corrected chi connectivity index (χ2v) is 5.15. The van der Waals surface area contributed by atoms with Gasteiger partial charge in [-0.15, -0.1) is 0 Å². The molecule has 1 atom stereocenters. The fourth-order valence-electron chi connectivity index (χ4n) is 1.17. The van der Waals surface area contributed by atoms with Crippen LogP contribution in [0, 0.1) is 0 Å². The molecule has 0 bridgehead atoms. The Balaban J connectivity index is 5.15. The Morgan fingerprint density at radius 3 is 2.00 bits per heavy atom. The third-order valence-electron chi connectivity index (χ3n) is 1.72. The average Bonchev–Trinajstić information content (AvgIpc) is 2.26. The van der Waals surface area contributed by atoms with Gasteiger partial charge in [-0.05, 0) is 20.8 Å². The Morgan fingerprint density at radius 1 is 1.17 bits per heavy atom. The Morgan fingerprint density at radius 2 is 1.67 bits per heavy atom. The van der Waals surface area contributed by atoms with Gasteiger partial charge in [0, 0.05) is 0 Å². The second-order valence-electron chi connectivity index (χ2n) is 3.04. The van der Waals surface area contributed by atoms with E-state index in [-0.39, 0.29) is 19.8 Å². The zero-order chi connectivity index (χ0) is 14.2. The molecule has 106 valence electrons. The standard InChI is InChI=1S/C9H19N2O6P/c1-4-15-8(12)7(11-9(10)13)18(14,16-5-2)17-6-3/h7H,4-6H2,1-3H3,(H3,10,11,13). The van der Waals surface area contributed by atoms with Gasteiger partial charge in [-0.25, -0.2) is 9.59 Å². The Bertz CT molecular complexity index is 325. The first-order chi connectivity index (χ1) is 8.41. The second kappa shape index (κ2) is 8.07. The first-order valence-corrected chi connectivity index (χ1v) is 7.13. The number of ether oxygens (including phenoxy) is 1. The van der Waals surface area contributed by atoms with E-state index in [4.69, 9.17) is 19.5 Å². The maximum atomic E-state index is 12.3. The molecule has 0 aromatic carbocycles. The van der Waals surface area contributed by atoms with Crippen LogP contribution in [0.15, 0.2) is 0 Å². The lowest BCUT2D eigenvalue weighted by atomic mass is 10.6. The third kappa shape index (κ3) is 5.03. The maximum Gasteiger partial charge on any atom is 0.364 e. The Labute approximate surface area is 106 Å². The number of nitrogens with one attached hydrogen (secondary N) is 1. The van der Waals surface area contributed by atoms with Crippen LogP contribution in [-0.2, 0) is 23.1 Å². The summed E-state index contributed by atoms with van der Waals surface area (Å²) in [6.45, 7) is 4.90. The first-order valence-electron chi connectivity index (χ1n) is 5.52. The van der Waals surface area contributed by atoms with Crippen molar-refractivity contribution in [2.75, 3.05) is 19.8 Å². The highest BCUT2D eigenvalue weighted by atomic mass is 31.2. The molecule has 3 N–H and O–H groups in total. The largest absolute Gasteiger partial charge is 0.464 e. The minimum absolute atomic E-state index is 0.0492. The molecule has 0 aromatic rings. The third-order valence-corrected chi connectivity index (χ3v) is 3.93. The van der Waals surface area contributed by atoms with Crippen LogP contribution < -0.4 is 11.1 Å². The number of hydrogen-bond acceptors (Lipinski definition) is 6. The molecule has 0 heterocycles. The van der Waals surface area contributed by atoms with Gasteiger partial charge in [-0.3, -0.25) is 4.57 Å². The zero-order valence-corrected chi connectivity index (χ0v) is 11.6. The Kier molecular flexibility index (Phi) is 7.58. The number of amides is 2. The molecule has 0 saturated carbocycles. The van der Waals surface area contributed by atoms with Gasteiger partial charge in [0.05, 0.1) is 19.8 Å².